The van der Waals surface area contributed by atoms with Crippen molar-refractivity contribution in [2.75, 3.05) is 7.11 Å². The minimum Gasteiger partial charge on any atom is -0.496 e. The summed E-state index contributed by atoms with van der Waals surface area (Å²) in [6, 6.07) is 3.98. The first kappa shape index (κ1) is 12.9. The highest BCUT2D eigenvalue weighted by molar-refractivity contribution is 9.10. The van der Waals surface area contributed by atoms with Crippen LogP contribution < -0.4 is 4.74 Å². The number of aliphatic hydroxyl groups excluding tert-OH is 1. The Bertz CT molecular complexity index is 397. The van der Waals surface area contributed by atoms with E-state index in [4.69, 9.17) is 4.74 Å². The third-order valence-electron chi connectivity index (χ3n) is 3.68. The smallest absolute Gasteiger partial charge is 0.125 e. The zero-order valence-electron chi connectivity index (χ0n) is 10.4. The molecular weight excluding hydrogens is 280 g/mol. The lowest BCUT2D eigenvalue weighted by molar-refractivity contribution is 0.108. The van der Waals surface area contributed by atoms with E-state index in [-0.39, 0.29) is 0 Å². The highest BCUT2D eigenvalue weighted by Gasteiger charge is 2.27. The topological polar surface area (TPSA) is 29.5 Å². The Balaban J connectivity index is 2.32. The molecule has 2 nitrogen and oxygen atoms in total. The fourth-order valence-electron chi connectivity index (χ4n) is 2.61. The molecule has 1 fully saturated rings. The van der Waals surface area contributed by atoms with Gasteiger partial charge in [-0.3, -0.25) is 0 Å². The van der Waals surface area contributed by atoms with Gasteiger partial charge in [-0.15, -0.1) is 0 Å². The van der Waals surface area contributed by atoms with E-state index in [2.05, 4.69) is 15.9 Å². The first-order valence-electron chi connectivity index (χ1n) is 6.15. The average Bonchev–Trinajstić information content (AvgIpc) is 2.84. The molecule has 94 valence electrons. The zero-order valence-corrected chi connectivity index (χ0v) is 12.0. The van der Waals surface area contributed by atoms with Crippen molar-refractivity contribution in [1.82, 2.24) is 0 Å². The maximum atomic E-state index is 10.4. The summed E-state index contributed by atoms with van der Waals surface area (Å²) in [5, 5.41) is 10.4. The van der Waals surface area contributed by atoms with Crippen LogP contribution in [-0.2, 0) is 0 Å². The van der Waals surface area contributed by atoms with Crippen molar-refractivity contribution in [1.29, 1.82) is 0 Å². The van der Waals surface area contributed by atoms with E-state index in [1.54, 1.807) is 7.11 Å². The summed E-state index contributed by atoms with van der Waals surface area (Å²) in [7, 11) is 1.66. The molecule has 2 rings (SSSR count). The molecule has 1 N–H and O–H groups in total. The number of rotatable bonds is 3. The van der Waals surface area contributed by atoms with E-state index in [9.17, 15) is 5.11 Å². The minimum absolute atomic E-state index is 0.388. The van der Waals surface area contributed by atoms with Crippen LogP contribution in [0.5, 0.6) is 5.75 Å². The van der Waals surface area contributed by atoms with E-state index >= 15 is 0 Å². The van der Waals surface area contributed by atoms with Gasteiger partial charge in [0.15, 0.2) is 0 Å². The molecule has 1 atom stereocenters. The second-order valence-electron chi connectivity index (χ2n) is 4.83. The molecule has 1 aromatic carbocycles. The van der Waals surface area contributed by atoms with Crippen molar-refractivity contribution >= 4 is 15.9 Å². The molecule has 1 aromatic rings. The normalized spacial score (nSPS) is 18.4. The Hall–Kier alpha value is -0.540. The molecule has 1 unspecified atom stereocenters. The summed E-state index contributed by atoms with van der Waals surface area (Å²) in [6.45, 7) is 2.03. The van der Waals surface area contributed by atoms with Crippen LogP contribution in [0.4, 0.5) is 0 Å². The second kappa shape index (κ2) is 5.40. The second-order valence-corrected chi connectivity index (χ2v) is 5.69. The molecule has 3 heteroatoms. The van der Waals surface area contributed by atoms with Gasteiger partial charge in [-0.1, -0.05) is 28.8 Å². The first-order valence-corrected chi connectivity index (χ1v) is 6.95. The summed E-state index contributed by atoms with van der Waals surface area (Å²) in [5.74, 6) is 1.18. The maximum Gasteiger partial charge on any atom is 0.125 e. The first-order chi connectivity index (χ1) is 8.13. The molecule has 1 aliphatic rings. The number of aliphatic hydroxyl groups is 1. The third-order valence-corrected chi connectivity index (χ3v) is 4.53. The van der Waals surface area contributed by atoms with Crippen LogP contribution in [0.1, 0.15) is 42.9 Å². The van der Waals surface area contributed by atoms with Crippen LogP contribution in [0.25, 0.3) is 0 Å². The third kappa shape index (κ3) is 2.66. The van der Waals surface area contributed by atoms with E-state index in [0.717, 1.165) is 34.2 Å². The van der Waals surface area contributed by atoms with Crippen LogP contribution in [-0.4, -0.2) is 12.2 Å². The highest BCUT2D eigenvalue weighted by atomic mass is 79.9. The summed E-state index contributed by atoms with van der Waals surface area (Å²) in [4.78, 5) is 0. The van der Waals surface area contributed by atoms with Crippen LogP contribution in [0.2, 0.25) is 0 Å². The van der Waals surface area contributed by atoms with Crippen molar-refractivity contribution in [3.63, 3.8) is 0 Å². The van der Waals surface area contributed by atoms with Crippen LogP contribution in [0.15, 0.2) is 16.6 Å². The quantitative estimate of drug-likeness (QED) is 0.914. The number of hydrogen-bond donors (Lipinski definition) is 1. The predicted molar refractivity (Wildman–Crippen MR) is 72.3 cm³/mol. The minimum atomic E-state index is -0.399. The maximum absolute atomic E-state index is 10.4. The van der Waals surface area contributed by atoms with Gasteiger partial charge >= 0.3 is 0 Å². The lowest BCUT2D eigenvalue weighted by atomic mass is 9.93. The molecule has 0 saturated heterocycles. The van der Waals surface area contributed by atoms with Gasteiger partial charge in [-0.2, -0.15) is 0 Å². The van der Waals surface area contributed by atoms with Crippen molar-refractivity contribution < 1.29 is 9.84 Å². The number of hydrogen-bond acceptors (Lipinski definition) is 2. The van der Waals surface area contributed by atoms with Gasteiger partial charge in [0.2, 0.25) is 0 Å². The monoisotopic (exact) mass is 298 g/mol. The Morgan fingerprint density at radius 1 is 1.35 bits per heavy atom. The van der Waals surface area contributed by atoms with Crippen molar-refractivity contribution in [2.45, 2.75) is 38.7 Å². The standard InChI is InChI=1S/C14H19BrO2/c1-9-7-13(17-2)11(8-12(9)15)14(16)10-5-3-4-6-10/h7-8,10,14,16H,3-6H2,1-2H3. The van der Waals surface area contributed by atoms with Gasteiger partial charge in [0.1, 0.15) is 5.75 Å². The van der Waals surface area contributed by atoms with Gasteiger partial charge in [-0.05, 0) is 43.4 Å². The van der Waals surface area contributed by atoms with E-state index < -0.39 is 6.10 Å². The van der Waals surface area contributed by atoms with Crippen molar-refractivity contribution in [3.05, 3.63) is 27.7 Å². The van der Waals surface area contributed by atoms with Gasteiger partial charge < -0.3 is 9.84 Å². The molecule has 0 radical (unpaired) electrons. The molecule has 0 spiro atoms. The van der Waals surface area contributed by atoms with Crippen LogP contribution in [0, 0.1) is 12.8 Å². The largest absolute Gasteiger partial charge is 0.496 e. The van der Waals surface area contributed by atoms with Gasteiger partial charge in [0.05, 0.1) is 13.2 Å². The molecule has 0 amide bonds. The molecule has 0 aliphatic heterocycles. The number of methoxy groups -OCH3 is 1. The van der Waals surface area contributed by atoms with Crippen LogP contribution >= 0.6 is 15.9 Å². The van der Waals surface area contributed by atoms with E-state index in [1.807, 2.05) is 19.1 Å². The number of halogens is 1. The van der Waals surface area contributed by atoms with Gasteiger partial charge in [-0.25, -0.2) is 0 Å². The van der Waals surface area contributed by atoms with Gasteiger partial charge in [0.25, 0.3) is 0 Å². The SMILES string of the molecule is COc1cc(C)c(Br)cc1C(O)C1CCCC1. The Kier molecular flexibility index (Phi) is 4.10. The number of aryl methyl sites for hydroxylation is 1. The lowest BCUT2D eigenvalue weighted by Gasteiger charge is -2.21. The average molecular weight is 299 g/mol. The molecule has 17 heavy (non-hydrogen) atoms. The molecular formula is C14H19BrO2. The summed E-state index contributed by atoms with van der Waals surface area (Å²) in [5.41, 5.74) is 2.04. The molecule has 0 aromatic heterocycles. The lowest BCUT2D eigenvalue weighted by Crippen LogP contribution is -2.10. The van der Waals surface area contributed by atoms with Crippen molar-refractivity contribution in [3.8, 4) is 5.75 Å². The fraction of sp³-hybridized carbons (Fsp3) is 0.571. The van der Waals surface area contributed by atoms with E-state index in [1.165, 1.54) is 12.8 Å². The summed E-state index contributed by atoms with van der Waals surface area (Å²) in [6.07, 6.45) is 4.31. The summed E-state index contributed by atoms with van der Waals surface area (Å²) >= 11 is 3.52. The molecule has 1 saturated carbocycles. The zero-order chi connectivity index (χ0) is 12.4. The van der Waals surface area contributed by atoms with E-state index in [0.29, 0.717) is 5.92 Å². The molecule has 0 heterocycles. The number of ether oxygens (including phenoxy) is 1. The number of benzene rings is 1. The van der Waals surface area contributed by atoms with Crippen molar-refractivity contribution in [2.24, 2.45) is 5.92 Å². The van der Waals surface area contributed by atoms with Gasteiger partial charge in [0, 0.05) is 10.0 Å². The Morgan fingerprint density at radius 2 is 2.00 bits per heavy atom. The Labute approximate surface area is 111 Å². The van der Waals surface area contributed by atoms with Crippen LogP contribution in [0.3, 0.4) is 0 Å². The highest BCUT2D eigenvalue weighted by Crippen LogP contribution is 2.40. The molecule has 1 aliphatic carbocycles. The summed E-state index contributed by atoms with van der Waals surface area (Å²) < 4.78 is 6.41. The molecule has 0 bridgehead atoms. The Morgan fingerprint density at radius 3 is 2.59 bits per heavy atom. The predicted octanol–water partition coefficient (Wildman–Crippen LogP) is 3.99. The fourth-order valence-corrected chi connectivity index (χ4v) is 2.97.